The largest absolute Gasteiger partial charge is 0.481 e. The maximum absolute atomic E-state index is 14.0. The lowest BCUT2D eigenvalue weighted by Crippen LogP contribution is -2.57. The fraction of sp³-hybridized carbons (Fsp3) is 0.783. The van der Waals surface area contributed by atoms with Gasteiger partial charge in [0.25, 0.3) is 0 Å². The van der Waals surface area contributed by atoms with Crippen LogP contribution in [-0.4, -0.2) is 120 Å². The van der Waals surface area contributed by atoms with Gasteiger partial charge in [-0.25, -0.2) is 0 Å². The Bertz CT molecular complexity index is 771. The van der Waals surface area contributed by atoms with Crippen molar-refractivity contribution in [2.24, 2.45) is 11.8 Å². The minimum absolute atomic E-state index is 0.00627. The number of nitrogens with zero attached hydrogens (tertiary/aromatic N) is 3. The highest BCUT2D eigenvalue weighted by Gasteiger charge is 2.74. The van der Waals surface area contributed by atoms with Crippen molar-refractivity contribution in [3.63, 3.8) is 0 Å². The van der Waals surface area contributed by atoms with Gasteiger partial charge in [-0.1, -0.05) is 6.08 Å². The molecule has 2 amide bonds. The maximum atomic E-state index is 14.0. The van der Waals surface area contributed by atoms with Crippen LogP contribution >= 0.6 is 0 Å². The smallest absolute Gasteiger partial charge is 0.310 e. The zero-order chi connectivity index (χ0) is 23.6. The molecule has 10 heteroatoms. The van der Waals surface area contributed by atoms with Gasteiger partial charge in [0.1, 0.15) is 11.6 Å². The highest BCUT2D eigenvalue weighted by atomic mass is 16.5. The molecule has 4 saturated heterocycles. The predicted octanol–water partition coefficient (Wildman–Crippen LogP) is -0.435. The summed E-state index contributed by atoms with van der Waals surface area (Å²) in [6.07, 6.45) is 3.20. The van der Waals surface area contributed by atoms with Gasteiger partial charge in [-0.3, -0.25) is 19.3 Å². The molecule has 184 valence electrons. The fourth-order valence-corrected chi connectivity index (χ4v) is 6.06. The summed E-state index contributed by atoms with van der Waals surface area (Å²) in [5, 5.41) is 19.0. The Morgan fingerprint density at radius 3 is 2.67 bits per heavy atom. The topological polar surface area (TPSA) is 120 Å². The predicted molar refractivity (Wildman–Crippen MR) is 117 cm³/mol. The van der Waals surface area contributed by atoms with Crippen LogP contribution in [0.15, 0.2) is 12.7 Å². The van der Waals surface area contributed by atoms with Crippen LogP contribution in [0.25, 0.3) is 0 Å². The van der Waals surface area contributed by atoms with Crippen molar-refractivity contribution >= 4 is 17.8 Å². The molecular weight excluding hydrogens is 430 g/mol. The summed E-state index contributed by atoms with van der Waals surface area (Å²) in [6, 6.07) is -0.854. The average molecular weight is 466 g/mol. The highest BCUT2D eigenvalue weighted by Crippen LogP contribution is 2.58. The molecule has 2 unspecified atom stereocenters. The SMILES string of the molecule is C=CCN(CCN1CCOCC1)C(=O)C1N(CCCCO)C(=O)[C@@H]2[C@H](C(=O)O)[C@@H]3CCC12O3. The standard InChI is InChI=1S/C23H35N3O7/c1-2-7-25(10-9-24-11-14-32-15-12-24)21(29)19-23-6-5-16(33-23)17(22(30)31)18(23)20(28)26(19)8-3-4-13-27/h2,16-19,27H,1,3-15H2,(H,30,31)/t16-,17+,18-,19?,23?/m0/s1. The number of ether oxygens (including phenoxy) is 2. The van der Waals surface area contributed by atoms with Crippen LogP contribution in [0.5, 0.6) is 0 Å². The van der Waals surface area contributed by atoms with Crippen molar-refractivity contribution < 1.29 is 34.1 Å². The first-order valence-corrected chi connectivity index (χ1v) is 12.0. The number of rotatable bonds is 11. The Balaban J connectivity index is 1.59. The molecular formula is C23H35N3O7. The van der Waals surface area contributed by atoms with E-state index in [1.165, 1.54) is 4.90 Å². The molecule has 0 aliphatic carbocycles. The quantitative estimate of drug-likeness (QED) is 0.312. The molecule has 0 aromatic carbocycles. The van der Waals surface area contributed by atoms with Gasteiger partial charge in [0.05, 0.1) is 31.2 Å². The van der Waals surface area contributed by atoms with Crippen molar-refractivity contribution in [2.45, 2.75) is 43.4 Å². The van der Waals surface area contributed by atoms with Crippen molar-refractivity contribution in [1.29, 1.82) is 0 Å². The van der Waals surface area contributed by atoms with Gasteiger partial charge in [0, 0.05) is 45.9 Å². The number of aliphatic carboxylic acids is 1. The number of carbonyl (C=O) groups excluding carboxylic acids is 2. The number of carboxylic acid groups (broad SMARTS) is 1. The Kier molecular flexibility index (Phi) is 7.37. The fourth-order valence-electron chi connectivity index (χ4n) is 6.06. The number of aliphatic hydroxyl groups excluding tert-OH is 1. The molecule has 1 spiro atoms. The summed E-state index contributed by atoms with van der Waals surface area (Å²) in [5.74, 6) is -3.34. The molecule has 0 aromatic heterocycles. The van der Waals surface area contributed by atoms with Gasteiger partial charge in [-0.05, 0) is 25.7 Å². The van der Waals surface area contributed by atoms with E-state index in [-0.39, 0.29) is 18.4 Å². The van der Waals surface area contributed by atoms with Crippen LogP contribution in [0.2, 0.25) is 0 Å². The number of carboxylic acids is 1. The number of fused-ring (bicyclic) bond motifs is 1. The molecule has 4 aliphatic rings. The molecule has 2 bridgehead atoms. The van der Waals surface area contributed by atoms with Crippen LogP contribution in [0.4, 0.5) is 0 Å². The van der Waals surface area contributed by atoms with E-state index in [0.29, 0.717) is 65.1 Å². The molecule has 10 nitrogen and oxygen atoms in total. The van der Waals surface area contributed by atoms with Crippen molar-refractivity contribution in [1.82, 2.24) is 14.7 Å². The molecule has 0 aromatic rings. The lowest BCUT2D eigenvalue weighted by Gasteiger charge is -2.37. The molecule has 4 rings (SSSR count). The first kappa shape index (κ1) is 24.1. The first-order chi connectivity index (χ1) is 15.9. The zero-order valence-electron chi connectivity index (χ0n) is 19.1. The molecule has 5 atom stereocenters. The number of morpholine rings is 1. The van der Waals surface area contributed by atoms with Crippen molar-refractivity contribution in [2.75, 3.05) is 59.1 Å². The van der Waals surface area contributed by atoms with Crippen molar-refractivity contribution in [3.05, 3.63) is 12.7 Å². The highest BCUT2D eigenvalue weighted by molar-refractivity contribution is 5.98. The minimum Gasteiger partial charge on any atom is -0.481 e. The van der Waals surface area contributed by atoms with Crippen LogP contribution in [0, 0.1) is 11.8 Å². The van der Waals surface area contributed by atoms with Gasteiger partial charge in [-0.15, -0.1) is 6.58 Å². The van der Waals surface area contributed by atoms with Gasteiger partial charge in [0.2, 0.25) is 11.8 Å². The minimum atomic E-state index is -1.10. The van der Waals surface area contributed by atoms with Crippen LogP contribution in [-0.2, 0) is 23.9 Å². The number of aliphatic hydroxyl groups is 1. The molecule has 2 N–H and O–H groups in total. The number of unbranched alkanes of at least 4 members (excludes halogenated alkanes) is 1. The van der Waals surface area contributed by atoms with Gasteiger partial charge in [-0.2, -0.15) is 0 Å². The van der Waals surface area contributed by atoms with E-state index >= 15 is 0 Å². The molecule has 0 saturated carbocycles. The van der Waals surface area contributed by atoms with E-state index in [4.69, 9.17) is 9.47 Å². The summed E-state index contributed by atoms with van der Waals surface area (Å²) in [7, 11) is 0. The summed E-state index contributed by atoms with van der Waals surface area (Å²) in [6.45, 7) is 8.54. The van der Waals surface area contributed by atoms with Crippen LogP contribution in [0.1, 0.15) is 25.7 Å². The third kappa shape index (κ3) is 4.29. The zero-order valence-corrected chi connectivity index (χ0v) is 19.1. The van der Waals surface area contributed by atoms with Crippen molar-refractivity contribution in [3.8, 4) is 0 Å². The Labute approximate surface area is 194 Å². The lowest BCUT2D eigenvalue weighted by molar-refractivity contribution is -0.151. The van der Waals surface area contributed by atoms with E-state index < -0.39 is 35.6 Å². The maximum Gasteiger partial charge on any atom is 0.310 e. The summed E-state index contributed by atoms with van der Waals surface area (Å²) < 4.78 is 11.6. The molecule has 33 heavy (non-hydrogen) atoms. The average Bonchev–Trinajstić information content (AvgIpc) is 3.45. The summed E-state index contributed by atoms with van der Waals surface area (Å²) >= 11 is 0. The third-order valence-electron chi connectivity index (χ3n) is 7.58. The second-order valence-electron chi connectivity index (χ2n) is 9.38. The summed E-state index contributed by atoms with van der Waals surface area (Å²) in [5.41, 5.74) is -1.10. The Morgan fingerprint density at radius 2 is 2.00 bits per heavy atom. The van der Waals surface area contributed by atoms with Gasteiger partial charge in [0.15, 0.2) is 0 Å². The van der Waals surface area contributed by atoms with E-state index in [0.717, 1.165) is 13.1 Å². The third-order valence-corrected chi connectivity index (χ3v) is 7.58. The Morgan fingerprint density at radius 1 is 1.24 bits per heavy atom. The van der Waals surface area contributed by atoms with Gasteiger partial charge < -0.3 is 29.5 Å². The van der Waals surface area contributed by atoms with E-state index in [1.54, 1.807) is 11.0 Å². The molecule has 4 heterocycles. The lowest BCUT2D eigenvalue weighted by atomic mass is 9.70. The van der Waals surface area contributed by atoms with Crippen LogP contribution in [0.3, 0.4) is 0 Å². The van der Waals surface area contributed by atoms with E-state index in [2.05, 4.69) is 11.5 Å². The second kappa shape index (κ2) is 10.1. The molecule has 0 radical (unpaired) electrons. The van der Waals surface area contributed by atoms with E-state index in [1.807, 2.05) is 0 Å². The number of amides is 2. The number of hydrogen-bond donors (Lipinski definition) is 2. The van der Waals surface area contributed by atoms with E-state index in [9.17, 15) is 24.6 Å². The van der Waals surface area contributed by atoms with Crippen LogP contribution < -0.4 is 0 Å². The first-order valence-electron chi connectivity index (χ1n) is 12.0. The summed E-state index contributed by atoms with van der Waals surface area (Å²) in [4.78, 5) is 45.0. The number of hydrogen-bond acceptors (Lipinski definition) is 7. The molecule has 4 fully saturated rings. The normalized spacial score (nSPS) is 33.4. The number of likely N-dealkylation sites (tertiary alicyclic amines) is 1. The Hall–Kier alpha value is -2.01. The monoisotopic (exact) mass is 465 g/mol. The number of carbonyl (C=O) groups is 3. The van der Waals surface area contributed by atoms with Gasteiger partial charge >= 0.3 is 5.97 Å². The molecule has 4 aliphatic heterocycles. The second-order valence-corrected chi connectivity index (χ2v) is 9.38.